The molecule has 1 N–H and O–H groups in total. The number of imidazole rings is 1. The molecular formula is C11H19N3O4S3. The van der Waals surface area contributed by atoms with E-state index in [-0.39, 0.29) is 23.1 Å². The van der Waals surface area contributed by atoms with E-state index in [0.717, 1.165) is 4.31 Å². The Morgan fingerprint density at radius 2 is 2.10 bits per heavy atom. The van der Waals surface area contributed by atoms with Crippen molar-refractivity contribution in [2.24, 2.45) is 0 Å². The fourth-order valence-electron chi connectivity index (χ4n) is 2.10. The molecule has 0 aromatic carbocycles. The summed E-state index contributed by atoms with van der Waals surface area (Å²) in [5.74, 6) is 1.34. The van der Waals surface area contributed by atoms with E-state index in [4.69, 9.17) is 0 Å². The van der Waals surface area contributed by atoms with Gasteiger partial charge in [0.25, 0.3) is 10.0 Å². The van der Waals surface area contributed by atoms with Crippen LogP contribution in [0, 0.1) is 0 Å². The van der Waals surface area contributed by atoms with E-state index in [1.54, 1.807) is 0 Å². The molecule has 0 aliphatic carbocycles. The number of H-pyrrole nitrogens is 1. The van der Waals surface area contributed by atoms with Crippen molar-refractivity contribution < 1.29 is 16.8 Å². The summed E-state index contributed by atoms with van der Waals surface area (Å²) in [4.78, 5) is 6.74. The van der Waals surface area contributed by atoms with Crippen LogP contribution in [0.2, 0.25) is 0 Å². The molecule has 0 saturated carbocycles. The van der Waals surface area contributed by atoms with Gasteiger partial charge in [-0.3, -0.25) is 0 Å². The van der Waals surface area contributed by atoms with Crippen LogP contribution in [0.4, 0.5) is 0 Å². The zero-order chi connectivity index (χ0) is 15.7. The van der Waals surface area contributed by atoms with Crippen LogP contribution < -0.4 is 0 Å². The van der Waals surface area contributed by atoms with E-state index >= 15 is 0 Å². The number of aromatic amines is 1. The van der Waals surface area contributed by atoms with Crippen LogP contribution in [-0.4, -0.2) is 60.3 Å². The standard InChI is InChI=1S/C11H19N3O4S3/c1-3-9-12-7-10(13-9)21(17,18)14-5-6-19-8-11(14)20(15,16)4-2/h7,11H,3-6,8H2,1-2H3,(H,12,13). The monoisotopic (exact) mass is 353 g/mol. The number of aryl methyl sites for hydroxylation is 1. The summed E-state index contributed by atoms with van der Waals surface area (Å²) in [7, 11) is -7.34. The summed E-state index contributed by atoms with van der Waals surface area (Å²) in [5, 5.41) is -1.04. The SMILES string of the molecule is CCc1ncc(S(=O)(=O)N2CCSCC2S(=O)(=O)CC)[nH]1. The molecule has 1 aromatic heterocycles. The van der Waals surface area contributed by atoms with E-state index < -0.39 is 25.2 Å². The molecule has 0 amide bonds. The molecular weight excluding hydrogens is 334 g/mol. The second-order valence-corrected chi connectivity index (χ2v) is 10.1. The largest absolute Gasteiger partial charge is 0.332 e. The third kappa shape index (κ3) is 3.27. The predicted molar refractivity (Wildman–Crippen MR) is 82.4 cm³/mol. The number of nitrogens with zero attached hydrogens (tertiary/aromatic N) is 2. The second-order valence-electron chi connectivity index (χ2n) is 4.64. The highest BCUT2D eigenvalue weighted by molar-refractivity contribution is 8.01. The van der Waals surface area contributed by atoms with Gasteiger partial charge in [-0.1, -0.05) is 13.8 Å². The van der Waals surface area contributed by atoms with Crippen LogP contribution >= 0.6 is 11.8 Å². The Kier molecular flexibility index (Phi) is 5.01. The molecule has 1 aliphatic rings. The lowest BCUT2D eigenvalue weighted by atomic mass is 10.5. The van der Waals surface area contributed by atoms with Crippen molar-refractivity contribution in [3.05, 3.63) is 12.0 Å². The summed E-state index contributed by atoms with van der Waals surface area (Å²) >= 11 is 1.46. The summed E-state index contributed by atoms with van der Waals surface area (Å²) in [6, 6.07) is 0. The zero-order valence-electron chi connectivity index (χ0n) is 11.9. The van der Waals surface area contributed by atoms with Crippen LogP contribution in [-0.2, 0) is 26.3 Å². The Morgan fingerprint density at radius 1 is 1.38 bits per heavy atom. The molecule has 0 spiro atoms. The summed E-state index contributed by atoms with van der Waals surface area (Å²) in [5.41, 5.74) is 0. The van der Waals surface area contributed by atoms with Crippen LogP contribution in [0.25, 0.3) is 0 Å². The number of sulfonamides is 1. The molecule has 1 saturated heterocycles. The molecule has 0 bridgehead atoms. The minimum absolute atomic E-state index is 0.0393. The van der Waals surface area contributed by atoms with E-state index in [1.807, 2.05) is 6.92 Å². The highest BCUT2D eigenvalue weighted by atomic mass is 32.2. The highest BCUT2D eigenvalue weighted by Crippen LogP contribution is 2.27. The Hall–Kier alpha value is -0.580. The summed E-state index contributed by atoms with van der Waals surface area (Å²) < 4.78 is 50.8. The lowest BCUT2D eigenvalue weighted by molar-refractivity contribution is 0.402. The molecule has 10 heteroatoms. The highest BCUT2D eigenvalue weighted by Gasteiger charge is 2.41. The van der Waals surface area contributed by atoms with Crippen molar-refractivity contribution in [1.29, 1.82) is 0 Å². The van der Waals surface area contributed by atoms with E-state index in [2.05, 4.69) is 9.97 Å². The summed E-state index contributed by atoms with van der Waals surface area (Å²) in [6.45, 7) is 3.58. The number of hydrogen-bond acceptors (Lipinski definition) is 6. The van der Waals surface area contributed by atoms with E-state index in [9.17, 15) is 16.8 Å². The fourth-order valence-corrected chi connectivity index (χ4v) is 7.28. The molecule has 1 unspecified atom stereocenters. The Balaban J connectivity index is 2.40. The number of thioether (sulfide) groups is 1. The minimum Gasteiger partial charge on any atom is -0.332 e. The van der Waals surface area contributed by atoms with Crippen LogP contribution in [0.1, 0.15) is 19.7 Å². The predicted octanol–water partition coefficient (Wildman–Crippen LogP) is 0.470. The van der Waals surface area contributed by atoms with Crippen LogP contribution in [0.15, 0.2) is 11.2 Å². The molecule has 120 valence electrons. The molecule has 1 aliphatic heterocycles. The average molecular weight is 353 g/mol. The maximum absolute atomic E-state index is 12.7. The van der Waals surface area contributed by atoms with Crippen molar-refractivity contribution in [3.8, 4) is 0 Å². The van der Waals surface area contributed by atoms with Gasteiger partial charge >= 0.3 is 0 Å². The van der Waals surface area contributed by atoms with Gasteiger partial charge in [0, 0.05) is 30.2 Å². The number of sulfone groups is 1. The van der Waals surface area contributed by atoms with Gasteiger partial charge in [0.05, 0.1) is 6.20 Å². The average Bonchev–Trinajstić information content (AvgIpc) is 2.97. The molecule has 1 fully saturated rings. The normalized spacial score (nSPS) is 21.5. The first-order chi connectivity index (χ1) is 9.82. The van der Waals surface area contributed by atoms with Crippen molar-refractivity contribution in [3.63, 3.8) is 0 Å². The number of hydrogen-bond donors (Lipinski definition) is 1. The van der Waals surface area contributed by atoms with E-state index in [0.29, 0.717) is 18.0 Å². The Bertz CT molecular complexity index is 696. The van der Waals surface area contributed by atoms with Crippen LogP contribution in [0.3, 0.4) is 0 Å². The Labute approximate surface area is 129 Å². The minimum atomic E-state index is -3.87. The first kappa shape index (κ1) is 16.8. The van der Waals surface area contributed by atoms with Gasteiger partial charge in [0.2, 0.25) is 0 Å². The molecule has 2 rings (SSSR count). The number of aromatic nitrogens is 2. The third-order valence-electron chi connectivity index (χ3n) is 3.38. The Morgan fingerprint density at radius 3 is 2.67 bits per heavy atom. The maximum atomic E-state index is 12.7. The van der Waals surface area contributed by atoms with Gasteiger partial charge in [0.1, 0.15) is 11.2 Å². The molecule has 21 heavy (non-hydrogen) atoms. The van der Waals surface area contributed by atoms with Gasteiger partial charge in [-0.25, -0.2) is 21.8 Å². The van der Waals surface area contributed by atoms with Crippen LogP contribution in [0.5, 0.6) is 0 Å². The lowest BCUT2D eigenvalue weighted by Gasteiger charge is -2.33. The van der Waals surface area contributed by atoms with Gasteiger partial charge < -0.3 is 4.98 Å². The van der Waals surface area contributed by atoms with Gasteiger partial charge in [-0.05, 0) is 0 Å². The number of rotatable bonds is 5. The molecule has 7 nitrogen and oxygen atoms in total. The number of nitrogens with one attached hydrogen (secondary N) is 1. The zero-order valence-corrected chi connectivity index (χ0v) is 14.4. The smallest absolute Gasteiger partial charge is 0.261 e. The first-order valence-electron chi connectivity index (χ1n) is 6.68. The topological polar surface area (TPSA) is 100 Å². The molecule has 0 radical (unpaired) electrons. The second kappa shape index (κ2) is 6.27. The van der Waals surface area contributed by atoms with Crippen molar-refractivity contribution >= 4 is 31.6 Å². The van der Waals surface area contributed by atoms with E-state index in [1.165, 1.54) is 24.9 Å². The fraction of sp³-hybridized carbons (Fsp3) is 0.727. The van der Waals surface area contributed by atoms with Gasteiger partial charge in [0.15, 0.2) is 14.9 Å². The maximum Gasteiger partial charge on any atom is 0.261 e. The molecule has 1 atom stereocenters. The van der Waals surface area contributed by atoms with Crippen molar-refractivity contribution in [2.45, 2.75) is 30.7 Å². The van der Waals surface area contributed by atoms with Gasteiger partial charge in [-0.15, -0.1) is 0 Å². The molecule has 1 aromatic rings. The summed E-state index contributed by atoms with van der Waals surface area (Å²) in [6.07, 6.45) is 1.84. The first-order valence-corrected chi connectivity index (χ1v) is 11.0. The van der Waals surface area contributed by atoms with Crippen molar-refractivity contribution in [2.75, 3.05) is 23.8 Å². The quantitative estimate of drug-likeness (QED) is 0.826. The lowest BCUT2D eigenvalue weighted by Crippen LogP contribution is -2.50. The molecule has 2 heterocycles. The van der Waals surface area contributed by atoms with Gasteiger partial charge in [-0.2, -0.15) is 16.1 Å². The van der Waals surface area contributed by atoms with Crippen molar-refractivity contribution in [1.82, 2.24) is 14.3 Å². The third-order valence-corrected chi connectivity index (χ3v) is 8.62.